The van der Waals surface area contributed by atoms with Gasteiger partial charge in [-0.1, -0.05) is 6.07 Å². The average molecular weight is 369 g/mol. The van der Waals surface area contributed by atoms with E-state index >= 15 is 0 Å². The zero-order valence-corrected chi connectivity index (χ0v) is 14.4. The van der Waals surface area contributed by atoms with Gasteiger partial charge in [-0.2, -0.15) is 0 Å². The molecule has 1 aromatic carbocycles. The molecule has 7 nitrogen and oxygen atoms in total. The average Bonchev–Trinajstić information content (AvgIpc) is 2.65. The molecule has 3 aromatic rings. The highest BCUT2D eigenvalue weighted by atomic mass is 19.1. The van der Waals surface area contributed by atoms with Crippen molar-refractivity contribution in [3.05, 3.63) is 81.7 Å². The highest BCUT2D eigenvalue weighted by Gasteiger charge is 2.10. The fourth-order valence-electron chi connectivity index (χ4n) is 2.50. The lowest BCUT2D eigenvalue weighted by molar-refractivity contribution is -0.143. The van der Waals surface area contributed by atoms with Crippen LogP contribution in [0.3, 0.4) is 0 Å². The van der Waals surface area contributed by atoms with Crippen molar-refractivity contribution in [3.8, 4) is 0 Å². The number of aryl methyl sites for hydroxylation is 1. The number of rotatable bonds is 5. The maximum atomic E-state index is 12.8. The van der Waals surface area contributed by atoms with E-state index in [-0.39, 0.29) is 24.3 Å². The summed E-state index contributed by atoms with van der Waals surface area (Å²) in [5.41, 5.74) is 1.47. The molecule has 2 heterocycles. The Bertz CT molecular complexity index is 1060. The molecular weight excluding hydrogens is 353 g/mol. The van der Waals surface area contributed by atoms with E-state index < -0.39 is 17.7 Å². The van der Waals surface area contributed by atoms with Crippen molar-refractivity contribution in [2.24, 2.45) is 0 Å². The van der Waals surface area contributed by atoms with E-state index in [1.54, 1.807) is 25.1 Å². The van der Waals surface area contributed by atoms with Crippen LogP contribution in [0.15, 0.2) is 53.3 Å². The third kappa shape index (κ3) is 4.35. The number of carbonyl (C=O) groups is 2. The van der Waals surface area contributed by atoms with Crippen molar-refractivity contribution in [2.45, 2.75) is 13.5 Å². The van der Waals surface area contributed by atoms with Crippen LogP contribution in [0.2, 0.25) is 0 Å². The number of hydrogen-bond donors (Lipinski definition) is 1. The molecule has 0 saturated carbocycles. The van der Waals surface area contributed by atoms with Gasteiger partial charge in [0, 0.05) is 17.3 Å². The predicted octanol–water partition coefficient (Wildman–Crippen LogP) is 1.62. The summed E-state index contributed by atoms with van der Waals surface area (Å²) in [7, 11) is 0. The van der Waals surface area contributed by atoms with Crippen LogP contribution >= 0.6 is 0 Å². The number of carbonyl (C=O) groups excluding carboxylic acids is 2. The molecule has 8 heteroatoms. The van der Waals surface area contributed by atoms with Gasteiger partial charge in [0.2, 0.25) is 0 Å². The number of amides is 1. The molecule has 27 heavy (non-hydrogen) atoms. The second-order valence-corrected chi connectivity index (χ2v) is 5.80. The summed E-state index contributed by atoms with van der Waals surface area (Å²) in [4.78, 5) is 40.1. The zero-order chi connectivity index (χ0) is 19.4. The SMILES string of the molecule is Cc1cccc2nc(COC(=O)CNC(=O)c3ccc(F)cc3)cc(=O)n12. The van der Waals surface area contributed by atoms with Gasteiger partial charge in [0.1, 0.15) is 24.6 Å². The first-order valence-corrected chi connectivity index (χ1v) is 8.12. The summed E-state index contributed by atoms with van der Waals surface area (Å²) < 4.78 is 19.3. The number of pyridine rings is 1. The Balaban J connectivity index is 1.58. The minimum absolute atomic E-state index is 0.190. The monoisotopic (exact) mass is 369 g/mol. The molecular formula is C19H16FN3O4. The van der Waals surface area contributed by atoms with Gasteiger partial charge in [0.25, 0.3) is 11.5 Å². The van der Waals surface area contributed by atoms with Crippen molar-refractivity contribution in [1.82, 2.24) is 14.7 Å². The lowest BCUT2D eigenvalue weighted by Gasteiger charge is -2.08. The van der Waals surface area contributed by atoms with Gasteiger partial charge in [-0.25, -0.2) is 9.37 Å². The zero-order valence-electron chi connectivity index (χ0n) is 14.4. The lowest BCUT2D eigenvalue weighted by Crippen LogP contribution is -2.30. The Morgan fingerprint density at radius 3 is 2.67 bits per heavy atom. The molecule has 0 fully saturated rings. The van der Waals surface area contributed by atoms with Crippen LogP contribution in [-0.4, -0.2) is 27.8 Å². The Morgan fingerprint density at radius 1 is 1.19 bits per heavy atom. The van der Waals surface area contributed by atoms with Crippen LogP contribution < -0.4 is 10.9 Å². The third-order valence-corrected chi connectivity index (χ3v) is 3.81. The molecule has 0 atom stereocenters. The van der Waals surface area contributed by atoms with Gasteiger partial charge < -0.3 is 10.1 Å². The number of benzene rings is 1. The number of hydrogen-bond acceptors (Lipinski definition) is 5. The van der Waals surface area contributed by atoms with Crippen LogP contribution in [-0.2, 0) is 16.1 Å². The van der Waals surface area contributed by atoms with Gasteiger partial charge in [0.15, 0.2) is 0 Å². The first-order chi connectivity index (χ1) is 12.9. The van der Waals surface area contributed by atoms with Gasteiger partial charge in [-0.05, 0) is 43.3 Å². The molecule has 1 amide bonds. The Labute approximate surface area is 153 Å². The quantitative estimate of drug-likeness (QED) is 0.690. The Kier molecular flexibility index (Phi) is 5.25. The van der Waals surface area contributed by atoms with Crippen molar-refractivity contribution in [3.63, 3.8) is 0 Å². The number of nitrogens with one attached hydrogen (secondary N) is 1. The predicted molar refractivity (Wildman–Crippen MR) is 94.7 cm³/mol. The summed E-state index contributed by atoms with van der Waals surface area (Å²) in [6, 6.07) is 11.5. The molecule has 0 aliphatic heterocycles. The van der Waals surface area contributed by atoms with Gasteiger partial charge in [0.05, 0.1) is 5.69 Å². The number of ether oxygens (including phenoxy) is 1. The van der Waals surface area contributed by atoms with E-state index in [0.717, 1.165) is 17.8 Å². The summed E-state index contributed by atoms with van der Waals surface area (Å²) in [6.45, 7) is 1.24. The molecule has 0 radical (unpaired) electrons. The van der Waals surface area contributed by atoms with Crippen LogP contribution in [0.4, 0.5) is 4.39 Å². The second kappa shape index (κ2) is 7.77. The van der Waals surface area contributed by atoms with Crippen LogP contribution in [0.25, 0.3) is 5.65 Å². The van der Waals surface area contributed by atoms with E-state index in [2.05, 4.69) is 10.3 Å². The van der Waals surface area contributed by atoms with Crippen molar-refractivity contribution in [2.75, 3.05) is 6.54 Å². The van der Waals surface area contributed by atoms with E-state index in [1.165, 1.54) is 22.6 Å². The van der Waals surface area contributed by atoms with Crippen LogP contribution in [0.1, 0.15) is 21.7 Å². The smallest absolute Gasteiger partial charge is 0.325 e. The molecule has 0 unspecified atom stereocenters. The van der Waals surface area contributed by atoms with Gasteiger partial charge in [-0.15, -0.1) is 0 Å². The molecule has 0 bridgehead atoms. The van der Waals surface area contributed by atoms with E-state index in [4.69, 9.17) is 4.74 Å². The Morgan fingerprint density at radius 2 is 1.93 bits per heavy atom. The minimum atomic E-state index is -0.684. The van der Waals surface area contributed by atoms with Crippen LogP contribution in [0, 0.1) is 12.7 Å². The minimum Gasteiger partial charge on any atom is -0.458 e. The van der Waals surface area contributed by atoms with Gasteiger partial charge in [-0.3, -0.25) is 18.8 Å². The number of halogens is 1. The highest BCUT2D eigenvalue weighted by molar-refractivity contribution is 5.95. The molecule has 0 spiro atoms. The number of fused-ring (bicyclic) bond motifs is 1. The third-order valence-electron chi connectivity index (χ3n) is 3.81. The van der Waals surface area contributed by atoms with Crippen molar-refractivity contribution >= 4 is 17.5 Å². The van der Waals surface area contributed by atoms with E-state index in [1.807, 2.05) is 0 Å². The molecule has 0 aliphatic rings. The summed E-state index contributed by atoms with van der Waals surface area (Å²) >= 11 is 0. The maximum Gasteiger partial charge on any atom is 0.325 e. The van der Waals surface area contributed by atoms with E-state index in [0.29, 0.717) is 11.3 Å². The summed E-state index contributed by atoms with van der Waals surface area (Å²) in [5.74, 6) is -1.67. The number of nitrogens with zero attached hydrogens (tertiary/aromatic N) is 2. The first kappa shape index (κ1) is 18.2. The number of aromatic nitrogens is 2. The fraction of sp³-hybridized carbons (Fsp3) is 0.158. The second-order valence-electron chi connectivity index (χ2n) is 5.80. The largest absolute Gasteiger partial charge is 0.458 e. The Hall–Kier alpha value is -3.55. The van der Waals surface area contributed by atoms with Crippen LogP contribution in [0.5, 0.6) is 0 Å². The first-order valence-electron chi connectivity index (χ1n) is 8.12. The molecule has 138 valence electrons. The molecule has 2 aromatic heterocycles. The number of esters is 1. The topological polar surface area (TPSA) is 89.8 Å². The normalized spacial score (nSPS) is 10.6. The summed E-state index contributed by atoms with van der Waals surface area (Å²) in [6.07, 6.45) is 0. The van der Waals surface area contributed by atoms with E-state index in [9.17, 15) is 18.8 Å². The maximum absolute atomic E-state index is 12.8. The molecule has 0 aliphatic carbocycles. The van der Waals surface area contributed by atoms with Gasteiger partial charge >= 0.3 is 5.97 Å². The standard InChI is InChI=1S/C19H16FN3O4/c1-12-3-2-4-16-22-15(9-17(24)23(12)16)11-27-18(25)10-21-19(26)13-5-7-14(20)8-6-13/h2-9H,10-11H2,1H3,(H,21,26). The fourth-order valence-corrected chi connectivity index (χ4v) is 2.50. The molecule has 3 rings (SSSR count). The highest BCUT2D eigenvalue weighted by Crippen LogP contribution is 2.04. The van der Waals surface area contributed by atoms with Crippen molar-refractivity contribution < 1.29 is 18.7 Å². The summed E-state index contributed by atoms with van der Waals surface area (Å²) in [5, 5.41) is 2.38. The lowest BCUT2D eigenvalue weighted by atomic mass is 10.2. The molecule has 0 saturated heterocycles. The van der Waals surface area contributed by atoms with Crippen molar-refractivity contribution in [1.29, 1.82) is 0 Å². The molecule has 1 N–H and O–H groups in total.